The van der Waals surface area contributed by atoms with Gasteiger partial charge >= 0.3 is 0 Å². The highest BCUT2D eigenvalue weighted by Crippen LogP contribution is 2.49. The SMILES string of the molecule is C[n+]1ccc(-c2cccc3cccc(-c4cc[n+](C)c(C=C5Sc6ccc(S(=O)(=O)O)cc6N5CCCS(=O)(=O)O)c4)c23)cc1C=C1Sc2ccc(SOOO)cc2N1CCCS(=O)(=O)O. The molecule has 0 saturated heterocycles. The molecule has 16 nitrogen and oxygen atoms in total. The fraction of sp³-hybridized carbons (Fsp3) is 0.182. The first-order chi connectivity index (χ1) is 31.3. The molecule has 0 bridgehead atoms. The molecule has 6 aromatic rings. The second-order valence-corrected chi connectivity index (χ2v) is 22.8. The number of aromatic nitrogens is 2. The van der Waals surface area contributed by atoms with E-state index >= 15 is 0 Å². The average Bonchev–Trinajstić information content (AvgIpc) is 3.78. The van der Waals surface area contributed by atoms with E-state index in [1.807, 2.05) is 101 Å². The molecule has 0 amide bonds. The Morgan fingerprint density at radius 3 is 1.64 bits per heavy atom. The Morgan fingerprint density at radius 2 is 1.15 bits per heavy atom. The van der Waals surface area contributed by atoms with E-state index in [2.05, 4.69) is 39.7 Å². The molecule has 344 valence electrons. The van der Waals surface area contributed by atoms with Crippen molar-refractivity contribution in [1.82, 2.24) is 0 Å². The number of anilines is 2. The molecule has 2 aliphatic heterocycles. The van der Waals surface area contributed by atoms with Crippen LogP contribution in [0.15, 0.2) is 139 Å². The molecule has 0 spiro atoms. The van der Waals surface area contributed by atoms with Crippen LogP contribution in [0.25, 0.3) is 45.2 Å². The van der Waals surface area contributed by atoms with Crippen molar-refractivity contribution in [3.8, 4) is 22.3 Å². The first kappa shape index (κ1) is 47.7. The Bertz CT molecular complexity index is 3290. The maximum Gasteiger partial charge on any atom is 0.294 e. The lowest BCUT2D eigenvalue weighted by Gasteiger charge is -2.20. The van der Waals surface area contributed by atoms with Gasteiger partial charge in [-0.1, -0.05) is 65.0 Å². The molecule has 2 aliphatic rings. The molecule has 0 radical (unpaired) electrons. The molecule has 0 fully saturated rings. The van der Waals surface area contributed by atoms with Gasteiger partial charge in [-0.3, -0.25) is 13.7 Å². The van der Waals surface area contributed by atoms with E-state index in [0.717, 1.165) is 72.1 Å². The summed E-state index contributed by atoms with van der Waals surface area (Å²) in [6.07, 6.45) is 8.08. The number of nitrogens with zero attached hydrogens (tertiary/aromatic N) is 4. The average molecular weight is 1010 g/mol. The lowest BCUT2D eigenvalue weighted by molar-refractivity contribution is -0.673. The van der Waals surface area contributed by atoms with Gasteiger partial charge < -0.3 is 9.80 Å². The molecular weight excluding hydrogens is 969 g/mol. The van der Waals surface area contributed by atoms with Gasteiger partial charge in [0.15, 0.2) is 12.4 Å². The van der Waals surface area contributed by atoms with Gasteiger partial charge in [-0.15, -0.1) is 4.33 Å². The fourth-order valence-electron chi connectivity index (χ4n) is 7.79. The summed E-state index contributed by atoms with van der Waals surface area (Å²) >= 11 is 3.69. The summed E-state index contributed by atoms with van der Waals surface area (Å²) in [5.41, 5.74) is 6.68. The predicted molar refractivity (Wildman–Crippen MR) is 255 cm³/mol. The smallest absolute Gasteiger partial charge is 0.294 e. The summed E-state index contributed by atoms with van der Waals surface area (Å²) < 4.78 is 108. The Balaban J connectivity index is 1.17. The molecular formula is C44H42N4O12S6+2. The second-order valence-electron chi connectivity index (χ2n) is 15.3. The Labute approximate surface area is 394 Å². The third-order valence-electron chi connectivity index (χ3n) is 10.9. The van der Waals surface area contributed by atoms with E-state index in [4.69, 9.17) is 5.26 Å². The number of thioether (sulfide) groups is 2. The molecule has 0 saturated carbocycles. The zero-order valence-corrected chi connectivity index (χ0v) is 40.0. The van der Waals surface area contributed by atoms with Crippen LogP contribution in [0.5, 0.6) is 0 Å². The molecule has 4 heterocycles. The molecule has 0 aliphatic carbocycles. The Kier molecular flexibility index (Phi) is 14.0. The number of hydrogen-bond acceptors (Lipinski definition) is 14. The van der Waals surface area contributed by atoms with E-state index < -0.39 is 41.9 Å². The highest BCUT2D eigenvalue weighted by Gasteiger charge is 2.30. The molecule has 4 aromatic carbocycles. The second kappa shape index (κ2) is 19.4. The molecule has 66 heavy (non-hydrogen) atoms. The van der Waals surface area contributed by atoms with Crippen molar-refractivity contribution in [1.29, 1.82) is 0 Å². The van der Waals surface area contributed by atoms with Gasteiger partial charge in [0.25, 0.3) is 30.4 Å². The topological polar surface area (TPSA) is 216 Å². The zero-order valence-electron chi connectivity index (χ0n) is 35.1. The van der Waals surface area contributed by atoms with Crippen molar-refractivity contribution < 1.29 is 62.7 Å². The van der Waals surface area contributed by atoms with Crippen molar-refractivity contribution in [3.05, 3.63) is 131 Å². The lowest BCUT2D eigenvalue weighted by atomic mass is 9.91. The predicted octanol–water partition coefficient (Wildman–Crippen LogP) is 7.88. The van der Waals surface area contributed by atoms with Crippen LogP contribution in [0, 0.1) is 0 Å². The van der Waals surface area contributed by atoms with E-state index in [1.54, 1.807) is 11.0 Å². The standard InChI is InChI=1S/C44H40N4O12S6/c1-45-19-15-30(23-32(45)25-42-47(17-5-21-64(50,51)52)38-27-34(63-60-59-49)11-13-40(38)61-42)36-9-3-7-29-8-4-10-37(44(29)36)31-16-20-46(2)33(24-31)26-43-48(18-6-22-65(53,54)55)39-28-35(66(56,57)58)12-14-41(39)62-43/h3-4,7-16,19-20,23-28H,5-6,17-18,21-22H2,1-2H3,(H2-2,49,50,51,52,53,54,55,56,57,58)/p+2. The van der Waals surface area contributed by atoms with Crippen molar-refractivity contribution in [2.24, 2.45) is 14.1 Å². The molecule has 8 rings (SSSR count). The summed E-state index contributed by atoms with van der Waals surface area (Å²) in [5, 5.41) is 16.0. The summed E-state index contributed by atoms with van der Waals surface area (Å²) in [5.74, 6) is -0.908. The van der Waals surface area contributed by atoms with Crippen LogP contribution in [-0.2, 0) is 53.8 Å². The van der Waals surface area contributed by atoms with Gasteiger partial charge in [0.2, 0.25) is 11.4 Å². The van der Waals surface area contributed by atoms with Crippen molar-refractivity contribution in [2.75, 3.05) is 34.4 Å². The molecule has 2 aromatic heterocycles. The summed E-state index contributed by atoms with van der Waals surface area (Å²) in [7, 11) is -9.14. The van der Waals surface area contributed by atoms with E-state index in [9.17, 15) is 38.9 Å². The van der Waals surface area contributed by atoms with Crippen LogP contribution in [-0.4, -0.2) is 68.8 Å². The summed E-state index contributed by atoms with van der Waals surface area (Å²) in [4.78, 5) is 5.73. The summed E-state index contributed by atoms with van der Waals surface area (Å²) in [6, 6.07) is 30.2. The van der Waals surface area contributed by atoms with Gasteiger partial charge in [0.1, 0.15) is 14.1 Å². The van der Waals surface area contributed by atoms with E-state index in [1.165, 1.54) is 35.7 Å². The van der Waals surface area contributed by atoms with Gasteiger partial charge in [0, 0.05) is 64.2 Å². The van der Waals surface area contributed by atoms with Crippen LogP contribution >= 0.6 is 35.6 Å². The van der Waals surface area contributed by atoms with Crippen LogP contribution in [0.4, 0.5) is 11.4 Å². The zero-order chi connectivity index (χ0) is 47.0. The number of hydrogen-bond donors (Lipinski definition) is 4. The minimum absolute atomic E-state index is 0.0492. The van der Waals surface area contributed by atoms with Crippen LogP contribution < -0.4 is 18.9 Å². The molecule has 0 unspecified atom stereocenters. The highest BCUT2D eigenvalue weighted by molar-refractivity contribution is 8.04. The van der Waals surface area contributed by atoms with Gasteiger partial charge in [-0.25, -0.2) is 14.4 Å². The highest BCUT2D eigenvalue weighted by atomic mass is 32.2. The first-order valence-electron chi connectivity index (χ1n) is 20.0. The van der Waals surface area contributed by atoms with Gasteiger partial charge in [0.05, 0.1) is 49.9 Å². The largest absolute Gasteiger partial charge is 0.335 e. The fourth-order valence-corrected chi connectivity index (χ4v) is 11.9. The van der Waals surface area contributed by atoms with Crippen LogP contribution in [0.1, 0.15) is 24.2 Å². The third kappa shape index (κ3) is 11.0. The number of rotatable bonds is 16. The van der Waals surface area contributed by atoms with Crippen molar-refractivity contribution in [3.63, 3.8) is 0 Å². The molecule has 4 N–H and O–H groups in total. The number of aryl methyl sites for hydroxylation is 2. The van der Waals surface area contributed by atoms with Gasteiger partial charge in [-0.2, -0.15) is 25.3 Å². The van der Waals surface area contributed by atoms with Crippen molar-refractivity contribution in [2.45, 2.75) is 32.4 Å². The van der Waals surface area contributed by atoms with E-state index in [0.29, 0.717) is 20.5 Å². The monoisotopic (exact) mass is 1010 g/mol. The van der Waals surface area contributed by atoms with Crippen molar-refractivity contribution >= 4 is 100 Å². The van der Waals surface area contributed by atoms with E-state index in [-0.39, 0.29) is 30.8 Å². The Hall–Kier alpha value is -4.82. The minimum atomic E-state index is -4.53. The van der Waals surface area contributed by atoms with Crippen LogP contribution in [0.3, 0.4) is 0 Å². The molecule has 0 atom stereocenters. The molecule has 22 heteroatoms. The third-order valence-corrected chi connectivity index (χ3v) is 16.1. The normalized spacial score (nSPS) is 15.3. The van der Waals surface area contributed by atoms with Gasteiger partial charge in [-0.05, 0) is 82.3 Å². The number of benzene rings is 4. The number of pyridine rings is 2. The van der Waals surface area contributed by atoms with Crippen LogP contribution in [0.2, 0.25) is 0 Å². The minimum Gasteiger partial charge on any atom is -0.335 e. The number of fused-ring (bicyclic) bond motifs is 3. The first-order valence-corrected chi connectivity index (χ1v) is 27.1. The lowest BCUT2D eigenvalue weighted by Crippen LogP contribution is -2.31. The quantitative estimate of drug-likeness (QED) is 0.0238. The maximum atomic E-state index is 12.1. The summed E-state index contributed by atoms with van der Waals surface area (Å²) in [6.45, 7) is 0.423. The maximum absolute atomic E-state index is 12.1. The Morgan fingerprint density at radius 1 is 0.652 bits per heavy atom.